The van der Waals surface area contributed by atoms with Crippen LogP contribution in [0.4, 0.5) is 0 Å². The first-order chi connectivity index (χ1) is 14.4. The van der Waals surface area contributed by atoms with Gasteiger partial charge in [-0.3, -0.25) is 9.48 Å². The summed E-state index contributed by atoms with van der Waals surface area (Å²) in [5.41, 5.74) is 3.61. The first-order valence-corrected chi connectivity index (χ1v) is 9.82. The van der Waals surface area contributed by atoms with Crippen molar-refractivity contribution in [2.45, 2.75) is 33.4 Å². The van der Waals surface area contributed by atoms with Gasteiger partial charge in [0.15, 0.2) is 11.8 Å². The van der Waals surface area contributed by atoms with Crippen LogP contribution >= 0.6 is 0 Å². The maximum absolute atomic E-state index is 12.5. The van der Waals surface area contributed by atoms with Gasteiger partial charge in [0.1, 0.15) is 11.5 Å². The van der Waals surface area contributed by atoms with Crippen LogP contribution in [0.15, 0.2) is 52.9 Å². The standard InChI is InChI=1S/C23H24N4O3/c1-14-10-11-18(29-14)13-24-23(28)16(3)30-20-12-19(17-8-6-5-7-9-17)21-15(2)26-27(4)22(21)25-20/h5-12,16H,13H2,1-4H3,(H,24,28). The van der Waals surface area contributed by atoms with Gasteiger partial charge in [0, 0.05) is 13.1 Å². The summed E-state index contributed by atoms with van der Waals surface area (Å²) in [6, 6.07) is 15.6. The van der Waals surface area contributed by atoms with E-state index in [0.717, 1.165) is 28.0 Å². The molecule has 0 bridgehead atoms. The Balaban J connectivity index is 1.59. The van der Waals surface area contributed by atoms with Gasteiger partial charge < -0.3 is 14.5 Å². The van der Waals surface area contributed by atoms with Crippen molar-refractivity contribution in [2.75, 3.05) is 0 Å². The number of aryl methyl sites for hydroxylation is 3. The SMILES string of the molecule is Cc1ccc(CNC(=O)C(C)Oc2cc(-c3ccccc3)c3c(C)nn(C)c3n2)o1. The fraction of sp³-hybridized carbons (Fsp3) is 0.261. The Hall–Kier alpha value is -3.61. The number of nitrogens with one attached hydrogen (secondary N) is 1. The fourth-order valence-electron chi connectivity index (χ4n) is 3.46. The van der Waals surface area contributed by atoms with E-state index in [1.54, 1.807) is 11.6 Å². The van der Waals surface area contributed by atoms with E-state index < -0.39 is 6.10 Å². The van der Waals surface area contributed by atoms with Crippen LogP contribution in [0, 0.1) is 13.8 Å². The van der Waals surface area contributed by atoms with Gasteiger partial charge in [0.05, 0.1) is 17.6 Å². The highest BCUT2D eigenvalue weighted by atomic mass is 16.5. The molecule has 4 rings (SSSR count). The summed E-state index contributed by atoms with van der Waals surface area (Å²) < 4.78 is 13.1. The zero-order chi connectivity index (χ0) is 21.3. The minimum Gasteiger partial charge on any atom is -0.465 e. The van der Waals surface area contributed by atoms with E-state index in [1.807, 2.05) is 69.4 Å². The summed E-state index contributed by atoms with van der Waals surface area (Å²) in [6.07, 6.45) is -0.719. The minimum atomic E-state index is -0.719. The third-order valence-corrected chi connectivity index (χ3v) is 4.93. The number of pyridine rings is 1. The number of carbonyl (C=O) groups is 1. The van der Waals surface area contributed by atoms with Crippen LogP contribution < -0.4 is 10.1 Å². The van der Waals surface area contributed by atoms with E-state index in [2.05, 4.69) is 15.4 Å². The van der Waals surface area contributed by atoms with Gasteiger partial charge in [-0.15, -0.1) is 0 Å². The van der Waals surface area contributed by atoms with E-state index in [4.69, 9.17) is 9.15 Å². The average molecular weight is 404 g/mol. The number of hydrogen-bond acceptors (Lipinski definition) is 5. The lowest BCUT2D eigenvalue weighted by Crippen LogP contribution is -2.36. The molecule has 1 N–H and O–H groups in total. The molecule has 1 amide bonds. The zero-order valence-electron chi connectivity index (χ0n) is 17.5. The van der Waals surface area contributed by atoms with E-state index in [-0.39, 0.29) is 5.91 Å². The van der Waals surface area contributed by atoms with Crippen molar-refractivity contribution in [1.29, 1.82) is 0 Å². The molecule has 1 atom stereocenters. The van der Waals surface area contributed by atoms with Crippen molar-refractivity contribution in [3.63, 3.8) is 0 Å². The van der Waals surface area contributed by atoms with Crippen LogP contribution in [-0.4, -0.2) is 26.8 Å². The number of furan rings is 1. The van der Waals surface area contributed by atoms with Crippen LogP contribution in [0.2, 0.25) is 0 Å². The van der Waals surface area contributed by atoms with Gasteiger partial charge in [0.25, 0.3) is 5.91 Å². The lowest BCUT2D eigenvalue weighted by molar-refractivity contribution is -0.127. The number of carbonyl (C=O) groups excluding carboxylic acids is 1. The first kappa shape index (κ1) is 19.7. The summed E-state index contributed by atoms with van der Waals surface area (Å²) in [4.78, 5) is 17.1. The number of benzene rings is 1. The Bertz CT molecular complexity index is 1190. The quantitative estimate of drug-likeness (QED) is 0.527. The molecule has 154 valence electrons. The van der Waals surface area contributed by atoms with E-state index in [0.29, 0.717) is 23.8 Å². The second-order valence-corrected chi connectivity index (χ2v) is 7.27. The predicted molar refractivity (Wildman–Crippen MR) is 114 cm³/mol. The number of ether oxygens (including phenoxy) is 1. The Labute approximate surface area is 174 Å². The summed E-state index contributed by atoms with van der Waals surface area (Å²) in [5.74, 6) is 1.64. The first-order valence-electron chi connectivity index (χ1n) is 9.82. The number of aromatic nitrogens is 3. The van der Waals surface area contributed by atoms with Crippen molar-refractivity contribution in [3.8, 4) is 17.0 Å². The molecule has 3 heterocycles. The van der Waals surface area contributed by atoms with Gasteiger partial charge in [-0.2, -0.15) is 10.1 Å². The molecule has 0 aliphatic rings. The molecule has 7 nitrogen and oxygen atoms in total. The van der Waals surface area contributed by atoms with Crippen LogP contribution in [0.5, 0.6) is 5.88 Å². The van der Waals surface area contributed by atoms with Gasteiger partial charge >= 0.3 is 0 Å². The monoisotopic (exact) mass is 404 g/mol. The molecule has 1 aromatic carbocycles. The highest BCUT2D eigenvalue weighted by molar-refractivity contribution is 5.95. The largest absolute Gasteiger partial charge is 0.465 e. The topological polar surface area (TPSA) is 82.2 Å². The lowest BCUT2D eigenvalue weighted by atomic mass is 10.0. The van der Waals surface area contributed by atoms with Gasteiger partial charge in [-0.25, -0.2) is 0 Å². The smallest absolute Gasteiger partial charge is 0.261 e. The molecule has 0 saturated heterocycles. The third-order valence-electron chi connectivity index (χ3n) is 4.93. The number of fused-ring (bicyclic) bond motifs is 1. The molecule has 0 saturated carbocycles. The second kappa shape index (κ2) is 8.02. The zero-order valence-corrected chi connectivity index (χ0v) is 17.5. The summed E-state index contributed by atoms with van der Waals surface area (Å²) in [7, 11) is 1.85. The molecule has 1 unspecified atom stereocenters. The number of rotatable bonds is 6. The van der Waals surface area contributed by atoms with Crippen molar-refractivity contribution in [2.24, 2.45) is 7.05 Å². The number of hydrogen-bond donors (Lipinski definition) is 1. The Morgan fingerprint density at radius 2 is 1.97 bits per heavy atom. The van der Waals surface area contributed by atoms with Crippen LogP contribution in [0.3, 0.4) is 0 Å². The maximum atomic E-state index is 12.5. The van der Waals surface area contributed by atoms with Crippen LogP contribution in [0.1, 0.15) is 24.1 Å². The molecular weight excluding hydrogens is 380 g/mol. The van der Waals surface area contributed by atoms with Gasteiger partial charge in [-0.05, 0) is 44.0 Å². The normalized spacial score (nSPS) is 12.1. The van der Waals surface area contributed by atoms with Crippen LogP contribution in [0.25, 0.3) is 22.2 Å². The third kappa shape index (κ3) is 3.91. The maximum Gasteiger partial charge on any atom is 0.261 e. The highest BCUT2D eigenvalue weighted by Gasteiger charge is 2.19. The van der Waals surface area contributed by atoms with E-state index in [1.165, 1.54) is 0 Å². The molecule has 0 aliphatic heterocycles. The second-order valence-electron chi connectivity index (χ2n) is 7.27. The molecule has 7 heteroatoms. The van der Waals surface area contributed by atoms with Crippen molar-refractivity contribution in [3.05, 3.63) is 65.7 Å². The van der Waals surface area contributed by atoms with E-state index in [9.17, 15) is 4.79 Å². The molecule has 0 fully saturated rings. The fourth-order valence-corrected chi connectivity index (χ4v) is 3.46. The lowest BCUT2D eigenvalue weighted by Gasteiger charge is -2.15. The van der Waals surface area contributed by atoms with Crippen molar-refractivity contribution < 1.29 is 13.9 Å². The van der Waals surface area contributed by atoms with Crippen molar-refractivity contribution >= 4 is 16.9 Å². The average Bonchev–Trinajstić information content (AvgIpc) is 3.28. The molecule has 30 heavy (non-hydrogen) atoms. The molecule has 3 aromatic heterocycles. The molecule has 4 aromatic rings. The number of nitrogens with zero attached hydrogens (tertiary/aromatic N) is 3. The molecular formula is C23H24N4O3. The van der Waals surface area contributed by atoms with Gasteiger partial charge in [-0.1, -0.05) is 30.3 Å². The highest BCUT2D eigenvalue weighted by Crippen LogP contribution is 2.33. The molecule has 0 aliphatic carbocycles. The summed E-state index contributed by atoms with van der Waals surface area (Å²) in [5, 5.41) is 8.31. The Kier molecular flexibility index (Phi) is 5.27. The summed E-state index contributed by atoms with van der Waals surface area (Å²) in [6.45, 7) is 5.83. The predicted octanol–water partition coefficient (Wildman–Crippen LogP) is 3.93. The molecule has 0 radical (unpaired) electrons. The van der Waals surface area contributed by atoms with Crippen molar-refractivity contribution in [1.82, 2.24) is 20.1 Å². The van der Waals surface area contributed by atoms with Crippen LogP contribution in [-0.2, 0) is 18.4 Å². The number of amides is 1. The minimum absolute atomic E-state index is 0.242. The Morgan fingerprint density at radius 1 is 1.20 bits per heavy atom. The Morgan fingerprint density at radius 3 is 2.67 bits per heavy atom. The summed E-state index contributed by atoms with van der Waals surface area (Å²) >= 11 is 0. The van der Waals surface area contributed by atoms with Gasteiger partial charge in [0.2, 0.25) is 5.88 Å². The molecule has 0 spiro atoms. The van der Waals surface area contributed by atoms with E-state index >= 15 is 0 Å².